The summed E-state index contributed by atoms with van der Waals surface area (Å²) in [5.41, 5.74) is -7.65. The maximum atomic E-state index is 14.0. The van der Waals surface area contributed by atoms with Crippen LogP contribution < -0.4 is 26.6 Å². The number of hydrogen-bond donors (Lipinski definition) is 10. The zero-order valence-corrected chi connectivity index (χ0v) is 48.6. The Morgan fingerprint density at radius 1 is 0.744 bits per heavy atom. The first-order chi connectivity index (χ1) is 35.5. The van der Waals surface area contributed by atoms with Gasteiger partial charge in [-0.25, -0.2) is 24.0 Å². The molecule has 0 radical (unpaired) electrons. The van der Waals surface area contributed by atoms with Crippen LogP contribution in [0.4, 0.5) is 24.0 Å². The summed E-state index contributed by atoms with van der Waals surface area (Å²) in [5, 5.41) is 72.8. The van der Waals surface area contributed by atoms with Gasteiger partial charge in [-0.05, 0) is 143 Å². The second-order valence-corrected chi connectivity index (χ2v) is 26.0. The lowest BCUT2D eigenvalue weighted by Gasteiger charge is -2.52. The monoisotopic (exact) mass is 1120 g/mol. The maximum Gasteiger partial charge on any atom is 0.410 e. The lowest BCUT2D eigenvalue weighted by Crippen LogP contribution is -2.71. The van der Waals surface area contributed by atoms with E-state index in [1.54, 1.807) is 110 Å². The first kappa shape index (κ1) is 65.6. The molecule has 78 heavy (non-hydrogen) atoms. The highest BCUT2D eigenvalue weighted by Crippen LogP contribution is 2.39. The van der Waals surface area contributed by atoms with Crippen LogP contribution >= 0.6 is 0 Å². The summed E-state index contributed by atoms with van der Waals surface area (Å²) in [7, 11) is 1.31. The predicted molar refractivity (Wildman–Crippen MR) is 279 cm³/mol. The van der Waals surface area contributed by atoms with Crippen molar-refractivity contribution >= 4 is 36.4 Å². The molecule has 0 aromatic heterocycles. The number of hydrogen-bond acceptors (Lipinski definition) is 20. The van der Waals surface area contributed by atoms with Crippen LogP contribution in [0, 0.1) is 5.92 Å². The minimum absolute atomic E-state index is 0.0600. The van der Waals surface area contributed by atoms with Crippen LogP contribution in [0.2, 0.25) is 0 Å². The van der Waals surface area contributed by atoms with Gasteiger partial charge in [0.05, 0.1) is 57.0 Å². The van der Waals surface area contributed by atoms with E-state index in [9.17, 15) is 54.3 Å². The number of nitrogens with zero attached hydrogens (tertiary/aromatic N) is 2. The average molecular weight is 1120 g/mol. The highest BCUT2D eigenvalue weighted by atomic mass is 16.7. The predicted octanol–water partition coefficient (Wildman–Crippen LogP) is 2.25. The highest BCUT2D eigenvalue weighted by Gasteiger charge is 2.57. The number of carbonyl (C=O) groups is 6. The topological polar surface area (TPSA) is 344 Å². The Hall–Kier alpha value is -4.96. The quantitative estimate of drug-likeness (QED) is 0.0830. The van der Waals surface area contributed by atoms with Gasteiger partial charge in [-0.2, -0.15) is 0 Å². The van der Waals surface area contributed by atoms with E-state index < -0.39 is 156 Å². The van der Waals surface area contributed by atoms with E-state index in [0.29, 0.717) is 5.76 Å². The van der Waals surface area contributed by atoms with Crippen molar-refractivity contribution in [3.8, 4) is 0 Å². The van der Waals surface area contributed by atoms with Gasteiger partial charge in [0, 0.05) is 19.0 Å². The summed E-state index contributed by atoms with van der Waals surface area (Å²) in [6.07, 6.45) is -12.7. The Morgan fingerprint density at radius 2 is 1.27 bits per heavy atom. The maximum absolute atomic E-state index is 14.0. The lowest BCUT2D eigenvalue weighted by atomic mass is 9.72. The number of ether oxygens (including phenoxy) is 8. The number of likely N-dealkylation sites (tertiary alicyclic amines) is 1. The van der Waals surface area contributed by atoms with E-state index in [-0.39, 0.29) is 45.4 Å². The molecule has 12 atom stereocenters. The fraction of sp³-hybridized carbons (Fsp3) is 0.846. The average Bonchev–Trinajstić information content (AvgIpc) is 3.22. The van der Waals surface area contributed by atoms with Crippen molar-refractivity contribution in [2.75, 3.05) is 46.4 Å². The molecule has 0 aromatic rings. The molecule has 0 bridgehead atoms. The summed E-state index contributed by atoms with van der Waals surface area (Å²) >= 11 is 0. The highest BCUT2D eigenvalue weighted by molar-refractivity contribution is 5.82. The molecule has 1 saturated carbocycles. The standard InChI is InChI=1S/C52H91N7O19/c1-46(2,3)74-41(64)54-24-32(60)39(63)55-31-22-30(57-43(66)76-48(7,8)9)33(34(61)37(31)73-40-35(62)38(51(16,69)27-71-40)58(17)44(67)77-49(10,11)12)36-29(56-42(65)75-47(4,5)6)19-18-28(72-36)23-53-21-20-52(70)25-59(26-52)45(68)78-50(13,14)15/h18,29-38,40,53,60-62,69-70H,19-27H2,1-17H3,(H,54,64)(H,55,63)(H,56,65)(H,57,66)/t29-,30+,31-,32+,33-,34+,35-,36?,37+,38-,40-,51+/m1/s1. The van der Waals surface area contributed by atoms with Gasteiger partial charge in [-0.15, -0.1) is 0 Å². The second-order valence-electron chi connectivity index (χ2n) is 26.0. The molecule has 26 nitrogen and oxygen atoms in total. The molecule has 4 rings (SSSR count). The van der Waals surface area contributed by atoms with Gasteiger partial charge in [0.1, 0.15) is 69.4 Å². The largest absolute Gasteiger partial charge is 0.491 e. The van der Waals surface area contributed by atoms with Gasteiger partial charge in [0.2, 0.25) is 0 Å². The van der Waals surface area contributed by atoms with Crippen LogP contribution in [0.3, 0.4) is 0 Å². The number of alkyl carbamates (subject to hydrolysis) is 3. The van der Waals surface area contributed by atoms with Crippen molar-refractivity contribution < 1.29 is 92.2 Å². The Morgan fingerprint density at radius 3 is 1.81 bits per heavy atom. The minimum atomic E-state index is -1.91. The number of amides is 6. The summed E-state index contributed by atoms with van der Waals surface area (Å²) in [4.78, 5) is 82.2. The Bertz CT molecular complexity index is 2120. The van der Waals surface area contributed by atoms with Crippen molar-refractivity contribution in [1.82, 2.24) is 36.4 Å². The minimum Gasteiger partial charge on any atom is -0.491 e. The molecule has 1 aliphatic carbocycles. The van der Waals surface area contributed by atoms with Crippen molar-refractivity contribution in [3.05, 3.63) is 11.8 Å². The van der Waals surface area contributed by atoms with Gasteiger partial charge in [-0.3, -0.25) is 4.79 Å². The molecular formula is C52H91N7O19. The Kier molecular flexibility index (Phi) is 21.2. The summed E-state index contributed by atoms with van der Waals surface area (Å²) in [6, 6.07) is -5.05. The molecule has 1 unspecified atom stereocenters. The second kappa shape index (κ2) is 25.2. The Labute approximate surface area is 458 Å². The Balaban J connectivity index is 1.75. The number of aliphatic hydroxyl groups is 5. The third-order valence-corrected chi connectivity index (χ3v) is 12.5. The molecule has 448 valence electrons. The van der Waals surface area contributed by atoms with Crippen LogP contribution in [0.1, 0.15) is 130 Å². The van der Waals surface area contributed by atoms with E-state index in [0.717, 1.165) is 4.90 Å². The van der Waals surface area contributed by atoms with Gasteiger partial charge in [0.25, 0.3) is 5.91 Å². The molecule has 3 fully saturated rings. The van der Waals surface area contributed by atoms with E-state index in [4.69, 9.17) is 37.9 Å². The SMILES string of the molecule is CN(C(=O)OC(C)(C)C)[C@@H]1[C@@H](O)[C@@H](O[C@@H]2[C@@H](O)[C@H](C3OC(CNCCC4(O)CN(C(=O)OC(C)(C)C)C4)=CC[C@H]3NC(=O)OC(C)(C)C)[C@@H](NC(=O)OC(C)(C)C)C[C@H]2NC(=O)[C@@H](O)CNC(=O)OC(C)(C)C)OC[C@]1(C)O. The number of aliphatic hydroxyl groups excluding tert-OH is 3. The molecule has 2 saturated heterocycles. The van der Waals surface area contributed by atoms with Crippen molar-refractivity contribution in [2.45, 2.75) is 230 Å². The fourth-order valence-corrected chi connectivity index (χ4v) is 9.37. The molecule has 26 heteroatoms. The van der Waals surface area contributed by atoms with Gasteiger partial charge < -0.3 is 99.8 Å². The van der Waals surface area contributed by atoms with E-state index in [1.807, 2.05) is 0 Å². The molecule has 3 heterocycles. The molecule has 6 amide bonds. The van der Waals surface area contributed by atoms with Gasteiger partial charge in [0.15, 0.2) is 6.29 Å². The van der Waals surface area contributed by atoms with Gasteiger partial charge >= 0.3 is 30.5 Å². The number of carbonyl (C=O) groups excluding carboxylic acids is 6. The number of nitrogens with one attached hydrogen (secondary N) is 5. The van der Waals surface area contributed by atoms with Crippen molar-refractivity contribution in [1.29, 1.82) is 0 Å². The summed E-state index contributed by atoms with van der Waals surface area (Å²) in [5.74, 6) is -2.05. The van der Waals surface area contributed by atoms with Crippen molar-refractivity contribution in [3.63, 3.8) is 0 Å². The lowest BCUT2D eigenvalue weighted by molar-refractivity contribution is -0.305. The molecular weight excluding hydrogens is 1030 g/mol. The van der Waals surface area contributed by atoms with Crippen LogP contribution in [-0.2, 0) is 42.7 Å². The van der Waals surface area contributed by atoms with Crippen LogP contribution in [-0.4, -0.2) is 218 Å². The number of β-amino-alcohol motifs (C(OH)–C–C–N with tert-alkyl or cyclic N) is 1. The first-order valence-electron chi connectivity index (χ1n) is 26.5. The zero-order chi connectivity index (χ0) is 59.3. The molecule has 0 spiro atoms. The van der Waals surface area contributed by atoms with E-state index >= 15 is 0 Å². The third-order valence-electron chi connectivity index (χ3n) is 12.5. The number of rotatable bonds is 15. The molecule has 3 aliphatic heterocycles. The van der Waals surface area contributed by atoms with Crippen LogP contribution in [0.25, 0.3) is 0 Å². The fourth-order valence-electron chi connectivity index (χ4n) is 9.37. The third kappa shape index (κ3) is 20.0. The van der Waals surface area contributed by atoms with E-state index in [2.05, 4.69) is 26.6 Å². The summed E-state index contributed by atoms with van der Waals surface area (Å²) < 4.78 is 46.7. The molecule has 4 aliphatic rings. The van der Waals surface area contributed by atoms with Crippen molar-refractivity contribution in [2.24, 2.45) is 5.92 Å². The van der Waals surface area contributed by atoms with Crippen LogP contribution in [0.5, 0.6) is 0 Å². The van der Waals surface area contributed by atoms with Gasteiger partial charge in [-0.1, -0.05) is 0 Å². The molecule has 0 aromatic carbocycles. The molecule has 10 N–H and O–H groups in total. The van der Waals surface area contributed by atoms with Crippen LogP contribution in [0.15, 0.2) is 11.8 Å². The zero-order valence-electron chi connectivity index (χ0n) is 48.6. The van der Waals surface area contributed by atoms with E-state index in [1.165, 1.54) is 18.9 Å². The smallest absolute Gasteiger partial charge is 0.410 e. The number of likely N-dealkylation sites (N-methyl/N-ethyl adjacent to an activating group) is 1. The first-order valence-corrected chi connectivity index (χ1v) is 26.5. The summed E-state index contributed by atoms with van der Waals surface area (Å²) in [6.45, 7) is 25.6. The normalized spacial score (nSPS) is 28.9.